The van der Waals surface area contributed by atoms with Crippen LogP contribution in [0, 0.1) is 0 Å². The Bertz CT molecular complexity index is 769. The molecule has 0 unspecified atom stereocenters. The molecule has 2 aromatic rings. The van der Waals surface area contributed by atoms with E-state index in [2.05, 4.69) is 37.2 Å². The maximum atomic E-state index is 12.8. The largest absolute Gasteiger partial charge is 0.352 e. The van der Waals surface area contributed by atoms with Gasteiger partial charge >= 0.3 is 6.03 Å². The summed E-state index contributed by atoms with van der Waals surface area (Å²) in [7, 11) is 0. The zero-order valence-electron chi connectivity index (χ0n) is 16.3. The standard InChI is InChI=1S/C21H28N6O/c28-21(27-14-12-26(13-15-27)20-16-22-8-9-23-20)24-19-7-3-2-6-18(19)17-25-10-4-1-5-11-25/h2-3,6-9,16H,1,4-5,10-15,17H2,(H,24,28). The fourth-order valence-corrected chi connectivity index (χ4v) is 3.93. The molecule has 7 heteroatoms. The van der Waals surface area contributed by atoms with Crippen LogP contribution < -0.4 is 10.2 Å². The fraction of sp³-hybridized carbons (Fsp3) is 0.476. The molecule has 2 aliphatic rings. The molecule has 2 amide bonds. The molecule has 0 atom stereocenters. The van der Waals surface area contributed by atoms with E-state index in [-0.39, 0.29) is 6.03 Å². The minimum Gasteiger partial charge on any atom is -0.352 e. The Morgan fingerprint density at radius 3 is 2.50 bits per heavy atom. The highest BCUT2D eigenvalue weighted by Crippen LogP contribution is 2.21. The van der Waals surface area contributed by atoms with Crippen LogP contribution >= 0.6 is 0 Å². The summed E-state index contributed by atoms with van der Waals surface area (Å²) in [6.07, 6.45) is 9.01. The molecule has 4 rings (SSSR count). The summed E-state index contributed by atoms with van der Waals surface area (Å²) in [5.74, 6) is 0.870. The van der Waals surface area contributed by atoms with E-state index < -0.39 is 0 Å². The number of amides is 2. The Morgan fingerprint density at radius 2 is 1.75 bits per heavy atom. The molecule has 148 valence electrons. The average molecular weight is 380 g/mol. The Balaban J connectivity index is 1.34. The van der Waals surface area contributed by atoms with Crippen molar-refractivity contribution in [2.45, 2.75) is 25.8 Å². The van der Waals surface area contributed by atoms with E-state index in [1.54, 1.807) is 18.6 Å². The quantitative estimate of drug-likeness (QED) is 0.884. The van der Waals surface area contributed by atoms with Crippen LogP contribution in [0.15, 0.2) is 42.9 Å². The topological polar surface area (TPSA) is 64.6 Å². The number of nitrogens with zero attached hydrogens (tertiary/aromatic N) is 5. The summed E-state index contributed by atoms with van der Waals surface area (Å²) in [6.45, 7) is 6.08. The molecular weight excluding hydrogens is 352 g/mol. The molecule has 3 heterocycles. The van der Waals surface area contributed by atoms with Gasteiger partial charge in [-0.2, -0.15) is 0 Å². The van der Waals surface area contributed by atoms with Gasteiger partial charge in [-0.3, -0.25) is 9.88 Å². The van der Waals surface area contributed by atoms with Crippen LogP contribution in [0.3, 0.4) is 0 Å². The smallest absolute Gasteiger partial charge is 0.321 e. The fourth-order valence-electron chi connectivity index (χ4n) is 3.93. The lowest BCUT2D eigenvalue weighted by Gasteiger charge is -2.35. The summed E-state index contributed by atoms with van der Waals surface area (Å²) in [4.78, 5) is 27.8. The molecule has 2 aliphatic heterocycles. The molecule has 0 aliphatic carbocycles. The highest BCUT2D eigenvalue weighted by molar-refractivity contribution is 5.90. The summed E-state index contributed by atoms with van der Waals surface area (Å²) in [6, 6.07) is 8.14. The molecular formula is C21H28N6O. The predicted molar refractivity (Wildman–Crippen MR) is 110 cm³/mol. The minimum atomic E-state index is -0.0232. The lowest BCUT2D eigenvalue weighted by molar-refractivity contribution is 0.207. The van der Waals surface area contributed by atoms with E-state index in [4.69, 9.17) is 0 Å². The van der Waals surface area contributed by atoms with Crippen molar-refractivity contribution in [3.8, 4) is 0 Å². The molecule has 0 saturated carbocycles. The zero-order chi connectivity index (χ0) is 19.2. The lowest BCUT2D eigenvalue weighted by atomic mass is 10.1. The number of aromatic nitrogens is 2. The molecule has 1 aromatic heterocycles. The highest BCUT2D eigenvalue weighted by Gasteiger charge is 2.22. The van der Waals surface area contributed by atoms with Gasteiger partial charge < -0.3 is 15.1 Å². The van der Waals surface area contributed by atoms with Gasteiger partial charge in [0.1, 0.15) is 5.82 Å². The molecule has 2 fully saturated rings. The number of benzene rings is 1. The lowest BCUT2D eigenvalue weighted by Crippen LogP contribution is -2.50. The number of carbonyl (C=O) groups excluding carboxylic acids is 1. The van der Waals surface area contributed by atoms with Crippen molar-refractivity contribution in [1.29, 1.82) is 0 Å². The second-order valence-electron chi connectivity index (χ2n) is 7.46. The molecule has 0 radical (unpaired) electrons. The third-order valence-electron chi connectivity index (χ3n) is 5.54. The molecule has 7 nitrogen and oxygen atoms in total. The van der Waals surface area contributed by atoms with E-state index in [0.29, 0.717) is 13.1 Å². The van der Waals surface area contributed by atoms with Gasteiger partial charge in [0.05, 0.1) is 6.20 Å². The van der Waals surface area contributed by atoms with E-state index >= 15 is 0 Å². The summed E-state index contributed by atoms with van der Waals surface area (Å²) >= 11 is 0. The van der Waals surface area contributed by atoms with Gasteiger partial charge in [0.15, 0.2) is 0 Å². The number of hydrogen-bond acceptors (Lipinski definition) is 5. The number of anilines is 2. The van der Waals surface area contributed by atoms with Gasteiger partial charge in [-0.1, -0.05) is 24.6 Å². The number of carbonyl (C=O) groups is 1. The second-order valence-corrected chi connectivity index (χ2v) is 7.46. The van der Waals surface area contributed by atoms with Crippen LogP contribution in [0.2, 0.25) is 0 Å². The third-order valence-corrected chi connectivity index (χ3v) is 5.54. The van der Waals surface area contributed by atoms with Crippen molar-refractivity contribution >= 4 is 17.5 Å². The maximum Gasteiger partial charge on any atom is 0.321 e. The first-order valence-electron chi connectivity index (χ1n) is 10.2. The Labute approximate surface area is 166 Å². The Morgan fingerprint density at radius 1 is 0.964 bits per heavy atom. The van der Waals surface area contributed by atoms with E-state index in [0.717, 1.165) is 44.2 Å². The number of urea groups is 1. The van der Waals surface area contributed by atoms with Crippen LogP contribution in [0.4, 0.5) is 16.3 Å². The first-order chi connectivity index (χ1) is 13.8. The first-order valence-corrected chi connectivity index (χ1v) is 10.2. The SMILES string of the molecule is O=C(Nc1ccccc1CN1CCCCC1)N1CCN(c2cnccn2)CC1. The van der Waals surface area contributed by atoms with Crippen molar-refractivity contribution in [1.82, 2.24) is 19.8 Å². The van der Waals surface area contributed by atoms with E-state index in [1.807, 2.05) is 17.0 Å². The summed E-state index contributed by atoms with van der Waals surface area (Å²) in [5, 5.41) is 3.14. The van der Waals surface area contributed by atoms with E-state index in [9.17, 15) is 4.79 Å². The minimum absolute atomic E-state index is 0.0232. The number of piperazine rings is 1. The van der Waals surface area contributed by atoms with Gasteiger partial charge in [-0.25, -0.2) is 9.78 Å². The molecule has 28 heavy (non-hydrogen) atoms. The Hall–Kier alpha value is -2.67. The van der Waals surface area contributed by atoms with Gasteiger partial charge in [-0.15, -0.1) is 0 Å². The number of rotatable bonds is 4. The van der Waals surface area contributed by atoms with Crippen molar-refractivity contribution < 1.29 is 4.79 Å². The highest BCUT2D eigenvalue weighted by atomic mass is 16.2. The van der Waals surface area contributed by atoms with Gasteiger partial charge in [0, 0.05) is 50.8 Å². The summed E-state index contributed by atoms with van der Waals surface area (Å²) < 4.78 is 0. The van der Waals surface area contributed by atoms with Crippen molar-refractivity contribution in [3.05, 3.63) is 48.4 Å². The first kappa shape index (κ1) is 18.7. The number of para-hydroxylation sites is 1. The van der Waals surface area contributed by atoms with Crippen LogP contribution in [-0.4, -0.2) is 65.1 Å². The van der Waals surface area contributed by atoms with Crippen LogP contribution in [0.5, 0.6) is 0 Å². The van der Waals surface area contributed by atoms with Gasteiger partial charge in [0.2, 0.25) is 0 Å². The molecule has 2 saturated heterocycles. The zero-order valence-corrected chi connectivity index (χ0v) is 16.3. The van der Waals surface area contributed by atoms with E-state index in [1.165, 1.54) is 24.8 Å². The molecule has 1 aromatic carbocycles. The number of likely N-dealkylation sites (tertiary alicyclic amines) is 1. The van der Waals surface area contributed by atoms with Crippen molar-refractivity contribution in [2.75, 3.05) is 49.5 Å². The van der Waals surface area contributed by atoms with Gasteiger partial charge in [-0.05, 0) is 37.6 Å². The molecule has 0 bridgehead atoms. The van der Waals surface area contributed by atoms with Crippen LogP contribution in [-0.2, 0) is 6.54 Å². The molecule has 1 N–H and O–H groups in total. The predicted octanol–water partition coefficient (Wildman–Crippen LogP) is 2.82. The second kappa shape index (κ2) is 9.01. The summed E-state index contributed by atoms with van der Waals surface area (Å²) in [5.41, 5.74) is 2.12. The van der Waals surface area contributed by atoms with Crippen molar-refractivity contribution in [3.63, 3.8) is 0 Å². The normalized spacial score (nSPS) is 18.1. The number of piperidine rings is 1. The average Bonchev–Trinajstić information content (AvgIpc) is 2.76. The van der Waals surface area contributed by atoms with Crippen LogP contribution in [0.25, 0.3) is 0 Å². The molecule has 0 spiro atoms. The van der Waals surface area contributed by atoms with Gasteiger partial charge in [0.25, 0.3) is 0 Å². The van der Waals surface area contributed by atoms with Crippen LogP contribution in [0.1, 0.15) is 24.8 Å². The third kappa shape index (κ3) is 4.59. The van der Waals surface area contributed by atoms with Crippen molar-refractivity contribution in [2.24, 2.45) is 0 Å². The number of hydrogen-bond donors (Lipinski definition) is 1. The monoisotopic (exact) mass is 380 g/mol. The maximum absolute atomic E-state index is 12.8. The number of nitrogens with one attached hydrogen (secondary N) is 1. The Kier molecular flexibility index (Phi) is 6.01.